The number of hydrogen-bond donors (Lipinski definition) is 1. The number of rotatable bonds is 6. The highest BCUT2D eigenvalue weighted by molar-refractivity contribution is 5.96. The van der Waals surface area contributed by atoms with E-state index in [0.717, 1.165) is 38.0 Å². The van der Waals surface area contributed by atoms with Gasteiger partial charge in [-0.2, -0.15) is 0 Å². The molecule has 1 aliphatic rings. The second-order valence-electron chi connectivity index (χ2n) is 6.47. The van der Waals surface area contributed by atoms with Gasteiger partial charge in [0, 0.05) is 30.5 Å². The first-order chi connectivity index (χ1) is 12.1. The van der Waals surface area contributed by atoms with Crippen LogP contribution in [0.1, 0.15) is 35.4 Å². The summed E-state index contributed by atoms with van der Waals surface area (Å²) in [6.07, 6.45) is 2.10. The molecule has 2 aromatic rings. The minimum atomic E-state index is -0.0157. The van der Waals surface area contributed by atoms with Gasteiger partial charge in [0.2, 0.25) is 5.91 Å². The second-order valence-corrected chi connectivity index (χ2v) is 6.47. The van der Waals surface area contributed by atoms with Crippen LogP contribution in [0.15, 0.2) is 40.9 Å². The van der Waals surface area contributed by atoms with Crippen LogP contribution < -0.4 is 5.32 Å². The van der Waals surface area contributed by atoms with Crippen molar-refractivity contribution in [2.24, 2.45) is 5.92 Å². The zero-order valence-corrected chi connectivity index (χ0v) is 14.4. The van der Waals surface area contributed by atoms with E-state index in [-0.39, 0.29) is 17.6 Å². The zero-order valence-electron chi connectivity index (χ0n) is 14.4. The molecule has 0 saturated carbocycles. The minimum Gasteiger partial charge on any atom is -0.360 e. The van der Waals surface area contributed by atoms with E-state index in [1.165, 1.54) is 0 Å². The van der Waals surface area contributed by atoms with E-state index in [1.807, 2.05) is 30.3 Å². The molecule has 25 heavy (non-hydrogen) atoms. The predicted molar refractivity (Wildman–Crippen MR) is 94.4 cm³/mol. The quantitative estimate of drug-likeness (QED) is 0.818. The number of Topliss-reactive ketones (excluding diaryl/α,β-unsaturated/α-hetero) is 1. The lowest BCUT2D eigenvalue weighted by molar-refractivity contribution is -0.121. The number of likely N-dealkylation sites (tertiary alicyclic amines) is 1. The Labute approximate surface area is 147 Å². The van der Waals surface area contributed by atoms with Crippen LogP contribution in [0.25, 0.3) is 0 Å². The summed E-state index contributed by atoms with van der Waals surface area (Å²) in [5.74, 6) is 1.29. The smallest absolute Gasteiger partial charge is 0.228 e. The van der Waals surface area contributed by atoms with Crippen LogP contribution in [-0.2, 0) is 4.79 Å². The third-order valence-electron chi connectivity index (χ3n) is 4.59. The van der Waals surface area contributed by atoms with Gasteiger partial charge < -0.3 is 14.7 Å². The maximum atomic E-state index is 12.3. The molecule has 2 heterocycles. The number of ketones is 1. The predicted octanol–water partition coefficient (Wildman–Crippen LogP) is 2.91. The molecule has 1 fully saturated rings. The fourth-order valence-corrected chi connectivity index (χ4v) is 3.10. The lowest BCUT2D eigenvalue weighted by Crippen LogP contribution is -2.39. The first kappa shape index (κ1) is 17.4. The van der Waals surface area contributed by atoms with Gasteiger partial charge in [-0.15, -0.1) is 0 Å². The van der Waals surface area contributed by atoms with Gasteiger partial charge in [0.1, 0.15) is 5.76 Å². The summed E-state index contributed by atoms with van der Waals surface area (Å²) in [5.41, 5.74) is 0.764. The molecule has 1 saturated heterocycles. The number of carbonyl (C=O) groups is 2. The van der Waals surface area contributed by atoms with Crippen molar-refractivity contribution >= 4 is 17.5 Å². The highest BCUT2D eigenvalue weighted by Gasteiger charge is 2.25. The molecule has 0 spiro atoms. The molecule has 0 atom stereocenters. The van der Waals surface area contributed by atoms with Gasteiger partial charge in [-0.05, 0) is 32.9 Å². The Morgan fingerprint density at radius 2 is 1.96 bits per heavy atom. The number of aryl methyl sites for hydroxylation is 1. The molecule has 1 aliphatic heterocycles. The summed E-state index contributed by atoms with van der Waals surface area (Å²) >= 11 is 0. The van der Waals surface area contributed by atoms with Crippen LogP contribution in [0, 0.1) is 12.8 Å². The summed E-state index contributed by atoms with van der Waals surface area (Å²) in [5, 5.41) is 6.59. The molecule has 1 N–H and O–H groups in total. The number of nitrogens with zero attached hydrogens (tertiary/aromatic N) is 2. The molecule has 0 unspecified atom stereocenters. The van der Waals surface area contributed by atoms with E-state index in [0.29, 0.717) is 18.0 Å². The molecule has 132 valence electrons. The van der Waals surface area contributed by atoms with E-state index in [2.05, 4.69) is 15.4 Å². The lowest BCUT2D eigenvalue weighted by atomic mass is 9.95. The first-order valence-electron chi connectivity index (χ1n) is 8.66. The summed E-state index contributed by atoms with van der Waals surface area (Å²) in [4.78, 5) is 26.7. The SMILES string of the molecule is Cc1cc(NC(=O)C2CCN(CCC(=O)c3ccccc3)CC2)no1. The van der Waals surface area contributed by atoms with E-state index < -0.39 is 0 Å². The van der Waals surface area contributed by atoms with Crippen molar-refractivity contribution in [3.63, 3.8) is 0 Å². The summed E-state index contributed by atoms with van der Waals surface area (Å²) in [6.45, 7) is 4.19. The summed E-state index contributed by atoms with van der Waals surface area (Å²) in [7, 11) is 0. The fraction of sp³-hybridized carbons (Fsp3) is 0.421. The Hall–Kier alpha value is -2.47. The van der Waals surface area contributed by atoms with Crippen molar-refractivity contribution in [1.29, 1.82) is 0 Å². The van der Waals surface area contributed by atoms with Crippen molar-refractivity contribution < 1.29 is 14.1 Å². The number of aromatic nitrogens is 1. The van der Waals surface area contributed by atoms with Crippen molar-refractivity contribution in [3.05, 3.63) is 47.7 Å². The minimum absolute atomic E-state index is 0.00619. The third-order valence-corrected chi connectivity index (χ3v) is 4.59. The van der Waals surface area contributed by atoms with Crippen molar-refractivity contribution in [2.45, 2.75) is 26.2 Å². The van der Waals surface area contributed by atoms with Crippen molar-refractivity contribution in [1.82, 2.24) is 10.1 Å². The summed E-state index contributed by atoms with van der Waals surface area (Å²) < 4.78 is 4.96. The number of amides is 1. The van der Waals surface area contributed by atoms with E-state index in [1.54, 1.807) is 13.0 Å². The standard InChI is InChI=1S/C19H23N3O3/c1-14-13-18(21-25-14)20-19(24)16-7-10-22(11-8-16)12-9-17(23)15-5-3-2-4-6-15/h2-6,13,16H,7-12H2,1H3,(H,20,21,24). The molecule has 0 radical (unpaired) electrons. The maximum Gasteiger partial charge on any atom is 0.228 e. The largest absolute Gasteiger partial charge is 0.360 e. The highest BCUT2D eigenvalue weighted by atomic mass is 16.5. The molecule has 6 nitrogen and oxygen atoms in total. The molecule has 0 aliphatic carbocycles. The Morgan fingerprint density at radius 1 is 1.24 bits per heavy atom. The normalized spacial score (nSPS) is 15.9. The first-order valence-corrected chi connectivity index (χ1v) is 8.66. The van der Waals surface area contributed by atoms with Gasteiger partial charge >= 0.3 is 0 Å². The highest BCUT2D eigenvalue weighted by Crippen LogP contribution is 2.20. The number of anilines is 1. The van der Waals surface area contributed by atoms with Gasteiger partial charge in [0.25, 0.3) is 0 Å². The van der Waals surface area contributed by atoms with Gasteiger partial charge in [-0.25, -0.2) is 0 Å². The second kappa shape index (κ2) is 8.07. The molecule has 1 amide bonds. The van der Waals surface area contributed by atoms with Crippen LogP contribution in [0.2, 0.25) is 0 Å². The van der Waals surface area contributed by atoms with Crippen molar-refractivity contribution in [2.75, 3.05) is 25.0 Å². The number of hydrogen-bond acceptors (Lipinski definition) is 5. The van der Waals surface area contributed by atoms with E-state index in [4.69, 9.17) is 4.52 Å². The van der Waals surface area contributed by atoms with Gasteiger partial charge in [0.15, 0.2) is 11.6 Å². The van der Waals surface area contributed by atoms with Gasteiger partial charge in [0.05, 0.1) is 0 Å². The van der Waals surface area contributed by atoms with E-state index in [9.17, 15) is 9.59 Å². The average molecular weight is 341 g/mol. The summed E-state index contributed by atoms with van der Waals surface area (Å²) in [6, 6.07) is 11.1. The number of benzene rings is 1. The van der Waals surface area contributed by atoms with Crippen LogP contribution in [0.3, 0.4) is 0 Å². The molecular formula is C19H23N3O3. The topological polar surface area (TPSA) is 75.4 Å². The fourth-order valence-electron chi connectivity index (χ4n) is 3.10. The zero-order chi connectivity index (χ0) is 17.6. The molecule has 0 bridgehead atoms. The third kappa shape index (κ3) is 4.76. The number of piperidine rings is 1. The van der Waals surface area contributed by atoms with Crippen LogP contribution in [0.5, 0.6) is 0 Å². The molecule has 6 heteroatoms. The Kier molecular flexibility index (Phi) is 5.60. The molecule has 1 aromatic heterocycles. The molecule has 3 rings (SSSR count). The molecule has 1 aromatic carbocycles. The average Bonchev–Trinajstić information content (AvgIpc) is 3.05. The Morgan fingerprint density at radius 3 is 2.60 bits per heavy atom. The van der Waals surface area contributed by atoms with Gasteiger partial charge in [-0.1, -0.05) is 35.5 Å². The van der Waals surface area contributed by atoms with Crippen molar-refractivity contribution in [3.8, 4) is 0 Å². The van der Waals surface area contributed by atoms with Crippen LogP contribution in [0.4, 0.5) is 5.82 Å². The maximum absolute atomic E-state index is 12.3. The van der Waals surface area contributed by atoms with Crippen LogP contribution >= 0.6 is 0 Å². The number of carbonyl (C=O) groups excluding carboxylic acids is 2. The Balaban J connectivity index is 1.41. The number of nitrogens with one attached hydrogen (secondary N) is 1. The monoisotopic (exact) mass is 341 g/mol. The van der Waals surface area contributed by atoms with Gasteiger partial charge in [-0.3, -0.25) is 9.59 Å². The lowest BCUT2D eigenvalue weighted by Gasteiger charge is -2.30. The van der Waals surface area contributed by atoms with Crippen LogP contribution in [-0.4, -0.2) is 41.4 Å². The molecular weight excluding hydrogens is 318 g/mol. The Bertz CT molecular complexity index is 719. The van der Waals surface area contributed by atoms with E-state index >= 15 is 0 Å².